The Bertz CT molecular complexity index is 551. The van der Waals surface area contributed by atoms with Gasteiger partial charge in [0, 0.05) is 35.8 Å². The molecule has 2 heterocycles. The third-order valence-corrected chi connectivity index (χ3v) is 3.48. The van der Waals surface area contributed by atoms with Crippen LogP contribution in [0.3, 0.4) is 0 Å². The number of nitrogens with two attached hydrogens (primary N) is 1. The van der Waals surface area contributed by atoms with E-state index in [4.69, 9.17) is 17.3 Å². The highest BCUT2D eigenvalue weighted by Crippen LogP contribution is 2.25. The SMILES string of the molecule is NC1CCN(c2cc(-c3cccc(Cl)c3)[nH]n2)C1. The zero-order valence-electron chi connectivity index (χ0n) is 9.94. The monoisotopic (exact) mass is 262 g/mol. The van der Waals surface area contributed by atoms with Crippen LogP contribution < -0.4 is 10.6 Å². The van der Waals surface area contributed by atoms with Crippen LogP contribution >= 0.6 is 11.6 Å². The number of aromatic amines is 1. The fourth-order valence-electron chi connectivity index (χ4n) is 2.27. The van der Waals surface area contributed by atoms with Gasteiger partial charge in [0.1, 0.15) is 0 Å². The molecule has 1 aliphatic heterocycles. The Morgan fingerprint density at radius 3 is 3.00 bits per heavy atom. The Hall–Kier alpha value is -1.52. The van der Waals surface area contributed by atoms with E-state index in [9.17, 15) is 0 Å². The molecule has 1 saturated heterocycles. The Morgan fingerprint density at radius 1 is 1.39 bits per heavy atom. The number of benzene rings is 1. The Labute approximate surface area is 111 Å². The maximum Gasteiger partial charge on any atom is 0.151 e. The van der Waals surface area contributed by atoms with Gasteiger partial charge in [-0.15, -0.1) is 0 Å². The molecule has 0 radical (unpaired) electrons. The average Bonchev–Trinajstić information content (AvgIpc) is 2.97. The topological polar surface area (TPSA) is 57.9 Å². The van der Waals surface area contributed by atoms with Crippen molar-refractivity contribution in [1.29, 1.82) is 0 Å². The Balaban J connectivity index is 1.85. The van der Waals surface area contributed by atoms with E-state index in [-0.39, 0.29) is 6.04 Å². The first-order chi connectivity index (χ1) is 8.72. The lowest BCUT2D eigenvalue weighted by molar-refractivity contribution is 0.751. The highest BCUT2D eigenvalue weighted by molar-refractivity contribution is 6.30. The van der Waals surface area contributed by atoms with Crippen molar-refractivity contribution in [3.05, 3.63) is 35.4 Å². The minimum Gasteiger partial charge on any atom is -0.354 e. The van der Waals surface area contributed by atoms with Crippen molar-refractivity contribution in [2.24, 2.45) is 5.73 Å². The van der Waals surface area contributed by atoms with E-state index in [2.05, 4.69) is 15.1 Å². The van der Waals surface area contributed by atoms with Crippen molar-refractivity contribution < 1.29 is 0 Å². The van der Waals surface area contributed by atoms with Crippen LogP contribution in [0.5, 0.6) is 0 Å². The van der Waals surface area contributed by atoms with Gasteiger partial charge < -0.3 is 10.6 Å². The summed E-state index contributed by atoms with van der Waals surface area (Å²) in [5.74, 6) is 0.956. The molecule has 5 heteroatoms. The van der Waals surface area contributed by atoms with Gasteiger partial charge in [-0.05, 0) is 18.6 Å². The van der Waals surface area contributed by atoms with Gasteiger partial charge in [-0.1, -0.05) is 23.7 Å². The predicted molar refractivity (Wildman–Crippen MR) is 73.8 cm³/mol. The van der Waals surface area contributed by atoms with E-state index < -0.39 is 0 Å². The van der Waals surface area contributed by atoms with Crippen molar-refractivity contribution in [2.45, 2.75) is 12.5 Å². The van der Waals surface area contributed by atoms with Crippen LogP contribution in [0.1, 0.15) is 6.42 Å². The molecule has 3 rings (SSSR count). The summed E-state index contributed by atoms with van der Waals surface area (Å²) in [6.07, 6.45) is 1.03. The average molecular weight is 263 g/mol. The number of anilines is 1. The summed E-state index contributed by atoms with van der Waals surface area (Å²) >= 11 is 5.99. The number of halogens is 1. The lowest BCUT2D eigenvalue weighted by Crippen LogP contribution is -2.26. The Morgan fingerprint density at radius 2 is 2.28 bits per heavy atom. The summed E-state index contributed by atoms with van der Waals surface area (Å²) in [7, 11) is 0. The lowest BCUT2D eigenvalue weighted by Gasteiger charge is -2.13. The van der Waals surface area contributed by atoms with Crippen LogP contribution in [0.25, 0.3) is 11.3 Å². The molecule has 1 aliphatic rings. The molecule has 0 bridgehead atoms. The third kappa shape index (κ3) is 2.21. The second-order valence-corrected chi connectivity index (χ2v) is 5.08. The maximum atomic E-state index is 5.99. The van der Waals surface area contributed by atoms with Gasteiger partial charge in [-0.25, -0.2) is 0 Å². The van der Waals surface area contributed by atoms with Gasteiger partial charge in [0.05, 0.1) is 5.69 Å². The van der Waals surface area contributed by atoms with Crippen LogP contribution in [0.2, 0.25) is 5.02 Å². The first kappa shape index (κ1) is 11.6. The van der Waals surface area contributed by atoms with E-state index in [0.717, 1.165) is 41.6 Å². The molecule has 1 atom stereocenters. The molecule has 1 aromatic heterocycles. The smallest absolute Gasteiger partial charge is 0.151 e. The number of rotatable bonds is 2. The molecule has 3 N–H and O–H groups in total. The van der Waals surface area contributed by atoms with Crippen LogP contribution in [0, 0.1) is 0 Å². The van der Waals surface area contributed by atoms with Gasteiger partial charge in [0.25, 0.3) is 0 Å². The summed E-state index contributed by atoms with van der Waals surface area (Å²) in [4.78, 5) is 2.20. The minimum atomic E-state index is 0.260. The molecule has 1 fully saturated rings. The molecule has 0 spiro atoms. The third-order valence-electron chi connectivity index (χ3n) is 3.25. The normalized spacial score (nSPS) is 19.4. The zero-order chi connectivity index (χ0) is 12.5. The number of nitrogens with one attached hydrogen (secondary N) is 1. The molecule has 18 heavy (non-hydrogen) atoms. The second kappa shape index (κ2) is 4.63. The van der Waals surface area contributed by atoms with Gasteiger partial charge >= 0.3 is 0 Å². The molecule has 0 aliphatic carbocycles. The molecule has 2 aromatic rings. The summed E-state index contributed by atoms with van der Waals surface area (Å²) in [5, 5.41) is 8.12. The van der Waals surface area contributed by atoms with Crippen molar-refractivity contribution in [3.63, 3.8) is 0 Å². The van der Waals surface area contributed by atoms with E-state index in [1.54, 1.807) is 0 Å². The molecule has 1 unspecified atom stereocenters. The van der Waals surface area contributed by atoms with Gasteiger partial charge in [-0.2, -0.15) is 5.10 Å². The van der Waals surface area contributed by atoms with Crippen molar-refractivity contribution in [3.8, 4) is 11.3 Å². The lowest BCUT2D eigenvalue weighted by atomic mass is 10.1. The summed E-state index contributed by atoms with van der Waals surface area (Å²) in [6, 6.07) is 10.0. The number of nitrogens with zero attached hydrogens (tertiary/aromatic N) is 2. The molecule has 4 nitrogen and oxygen atoms in total. The second-order valence-electron chi connectivity index (χ2n) is 4.64. The largest absolute Gasteiger partial charge is 0.354 e. The first-order valence-corrected chi connectivity index (χ1v) is 6.42. The highest BCUT2D eigenvalue weighted by atomic mass is 35.5. The highest BCUT2D eigenvalue weighted by Gasteiger charge is 2.21. The number of hydrogen-bond donors (Lipinski definition) is 2. The molecule has 0 saturated carbocycles. The standard InChI is InChI=1S/C13H15ClN4/c14-10-3-1-2-9(6-10)12-7-13(17-16-12)18-5-4-11(15)8-18/h1-3,6-7,11H,4-5,8,15H2,(H,16,17). The van der Waals surface area contributed by atoms with Crippen LogP contribution in [0.15, 0.2) is 30.3 Å². The summed E-state index contributed by atoms with van der Waals surface area (Å²) in [6.45, 7) is 1.85. The van der Waals surface area contributed by atoms with E-state index in [1.807, 2.05) is 30.3 Å². The van der Waals surface area contributed by atoms with Crippen molar-refractivity contribution in [1.82, 2.24) is 10.2 Å². The van der Waals surface area contributed by atoms with Crippen LogP contribution in [0.4, 0.5) is 5.82 Å². The van der Waals surface area contributed by atoms with Gasteiger partial charge in [-0.3, -0.25) is 5.10 Å². The van der Waals surface area contributed by atoms with E-state index in [0.29, 0.717) is 0 Å². The number of H-pyrrole nitrogens is 1. The molecule has 0 amide bonds. The van der Waals surface area contributed by atoms with Crippen LogP contribution in [-0.2, 0) is 0 Å². The molecular formula is C13H15ClN4. The van der Waals surface area contributed by atoms with Crippen molar-refractivity contribution >= 4 is 17.4 Å². The Kier molecular flexibility index (Phi) is 2.97. The zero-order valence-corrected chi connectivity index (χ0v) is 10.7. The summed E-state index contributed by atoms with van der Waals surface area (Å²) < 4.78 is 0. The first-order valence-electron chi connectivity index (χ1n) is 6.04. The molecular weight excluding hydrogens is 248 g/mol. The van der Waals surface area contributed by atoms with Gasteiger partial charge in [0.2, 0.25) is 0 Å². The predicted octanol–water partition coefficient (Wildman–Crippen LogP) is 2.27. The molecule has 1 aromatic carbocycles. The fraction of sp³-hybridized carbons (Fsp3) is 0.308. The fourth-order valence-corrected chi connectivity index (χ4v) is 2.46. The number of aromatic nitrogens is 2. The van der Waals surface area contributed by atoms with Crippen molar-refractivity contribution in [2.75, 3.05) is 18.0 Å². The van der Waals surface area contributed by atoms with Crippen LogP contribution in [-0.4, -0.2) is 29.3 Å². The van der Waals surface area contributed by atoms with Gasteiger partial charge in [0.15, 0.2) is 5.82 Å². The summed E-state index contributed by atoms with van der Waals surface area (Å²) in [5.41, 5.74) is 7.93. The van der Waals surface area contributed by atoms with E-state index >= 15 is 0 Å². The minimum absolute atomic E-state index is 0.260. The van der Waals surface area contributed by atoms with E-state index in [1.165, 1.54) is 0 Å². The number of hydrogen-bond acceptors (Lipinski definition) is 3. The maximum absolute atomic E-state index is 5.99. The molecule has 94 valence electrons. The quantitative estimate of drug-likeness (QED) is 0.873.